The first-order chi connectivity index (χ1) is 12.4. The summed E-state index contributed by atoms with van der Waals surface area (Å²) in [5.41, 5.74) is 4.67. The van der Waals surface area contributed by atoms with Crippen molar-refractivity contribution in [1.82, 2.24) is 5.32 Å². The summed E-state index contributed by atoms with van der Waals surface area (Å²) in [7, 11) is 0. The SMILES string of the molecule is CC[C@H](C)NC(=O)c1ccccc1NC(=O)CCc1ccc(C)c(C)c1. The molecule has 26 heavy (non-hydrogen) atoms. The van der Waals surface area contributed by atoms with Crippen molar-refractivity contribution in [2.75, 3.05) is 5.32 Å². The van der Waals surface area contributed by atoms with E-state index in [2.05, 4.69) is 42.7 Å². The van der Waals surface area contributed by atoms with Gasteiger partial charge < -0.3 is 10.6 Å². The summed E-state index contributed by atoms with van der Waals surface area (Å²) in [5, 5.41) is 5.82. The average molecular weight is 352 g/mol. The van der Waals surface area contributed by atoms with Gasteiger partial charge in [-0.05, 0) is 62.4 Å². The minimum absolute atomic E-state index is 0.0907. The Hall–Kier alpha value is -2.62. The van der Waals surface area contributed by atoms with Gasteiger partial charge in [0.15, 0.2) is 0 Å². The first kappa shape index (κ1) is 19.7. The summed E-state index contributed by atoms with van der Waals surface area (Å²) < 4.78 is 0. The highest BCUT2D eigenvalue weighted by Crippen LogP contribution is 2.17. The molecule has 0 saturated carbocycles. The zero-order valence-electron chi connectivity index (χ0n) is 16.1. The molecule has 0 fully saturated rings. The Balaban J connectivity index is 2.00. The van der Waals surface area contributed by atoms with Crippen molar-refractivity contribution < 1.29 is 9.59 Å². The van der Waals surface area contributed by atoms with Gasteiger partial charge in [0.1, 0.15) is 0 Å². The van der Waals surface area contributed by atoms with Crippen LogP contribution < -0.4 is 10.6 Å². The van der Waals surface area contributed by atoms with Crippen LogP contribution >= 0.6 is 0 Å². The first-order valence-corrected chi connectivity index (χ1v) is 9.16. The molecule has 0 heterocycles. The van der Waals surface area contributed by atoms with E-state index in [-0.39, 0.29) is 17.9 Å². The molecule has 2 rings (SSSR count). The average Bonchev–Trinajstić information content (AvgIpc) is 2.63. The number of anilines is 1. The van der Waals surface area contributed by atoms with Crippen LogP contribution in [0.5, 0.6) is 0 Å². The molecular formula is C22H28N2O2. The normalized spacial score (nSPS) is 11.7. The molecule has 4 nitrogen and oxygen atoms in total. The maximum atomic E-state index is 12.4. The van der Waals surface area contributed by atoms with Crippen molar-refractivity contribution in [3.05, 3.63) is 64.7 Å². The van der Waals surface area contributed by atoms with E-state index < -0.39 is 0 Å². The highest BCUT2D eigenvalue weighted by Gasteiger charge is 2.14. The highest BCUT2D eigenvalue weighted by molar-refractivity contribution is 6.03. The van der Waals surface area contributed by atoms with E-state index in [4.69, 9.17) is 0 Å². The highest BCUT2D eigenvalue weighted by atomic mass is 16.2. The second-order valence-corrected chi connectivity index (χ2v) is 6.80. The van der Waals surface area contributed by atoms with Crippen molar-refractivity contribution in [2.24, 2.45) is 0 Å². The third kappa shape index (κ3) is 5.45. The molecule has 0 bridgehead atoms. The number of carbonyl (C=O) groups excluding carboxylic acids is 2. The van der Waals surface area contributed by atoms with Crippen molar-refractivity contribution >= 4 is 17.5 Å². The number of rotatable bonds is 7. The second kappa shape index (κ2) is 9.18. The second-order valence-electron chi connectivity index (χ2n) is 6.80. The molecule has 4 heteroatoms. The summed E-state index contributed by atoms with van der Waals surface area (Å²) in [6.07, 6.45) is 1.91. The monoisotopic (exact) mass is 352 g/mol. The molecule has 0 unspecified atom stereocenters. The number of para-hydroxylation sites is 1. The lowest BCUT2D eigenvalue weighted by atomic mass is 10.0. The van der Waals surface area contributed by atoms with Gasteiger partial charge in [0, 0.05) is 12.5 Å². The standard InChI is InChI=1S/C22H28N2O2/c1-5-17(4)23-22(26)19-8-6-7-9-20(19)24-21(25)13-12-18-11-10-15(2)16(3)14-18/h6-11,14,17H,5,12-13H2,1-4H3,(H,23,26)(H,24,25)/t17-/m0/s1. The minimum Gasteiger partial charge on any atom is -0.350 e. The summed E-state index contributed by atoms with van der Waals surface area (Å²) in [6.45, 7) is 8.13. The van der Waals surface area contributed by atoms with Crippen molar-refractivity contribution in [3.8, 4) is 0 Å². The largest absolute Gasteiger partial charge is 0.350 e. The maximum absolute atomic E-state index is 12.4. The molecule has 0 aliphatic heterocycles. The van der Waals surface area contributed by atoms with Gasteiger partial charge in [-0.2, -0.15) is 0 Å². The van der Waals surface area contributed by atoms with Gasteiger partial charge in [-0.25, -0.2) is 0 Å². The Labute approximate surface area is 156 Å². The molecule has 0 radical (unpaired) electrons. The smallest absolute Gasteiger partial charge is 0.253 e. The summed E-state index contributed by atoms with van der Waals surface area (Å²) in [5.74, 6) is -0.253. The third-order valence-electron chi connectivity index (χ3n) is 4.65. The van der Waals surface area contributed by atoms with Crippen LogP contribution in [0, 0.1) is 13.8 Å². The van der Waals surface area contributed by atoms with Crippen LogP contribution in [0.1, 0.15) is 53.7 Å². The number of hydrogen-bond donors (Lipinski definition) is 2. The van der Waals surface area contributed by atoms with E-state index in [1.165, 1.54) is 11.1 Å². The lowest BCUT2D eigenvalue weighted by molar-refractivity contribution is -0.116. The minimum atomic E-state index is -0.163. The van der Waals surface area contributed by atoms with Gasteiger partial charge in [-0.15, -0.1) is 0 Å². The predicted molar refractivity (Wildman–Crippen MR) is 107 cm³/mol. The number of aryl methyl sites for hydroxylation is 3. The molecule has 1 atom stereocenters. The Bertz CT molecular complexity index is 783. The zero-order valence-corrected chi connectivity index (χ0v) is 16.1. The van der Waals surface area contributed by atoms with Gasteiger partial charge >= 0.3 is 0 Å². The van der Waals surface area contributed by atoms with Crippen molar-refractivity contribution in [2.45, 2.75) is 53.0 Å². The van der Waals surface area contributed by atoms with Crippen LogP contribution in [0.4, 0.5) is 5.69 Å². The van der Waals surface area contributed by atoms with E-state index in [1.807, 2.05) is 19.9 Å². The fourth-order valence-electron chi connectivity index (χ4n) is 2.62. The van der Waals surface area contributed by atoms with Crippen molar-refractivity contribution in [3.63, 3.8) is 0 Å². The number of hydrogen-bond acceptors (Lipinski definition) is 2. The topological polar surface area (TPSA) is 58.2 Å². The van der Waals surface area contributed by atoms with Gasteiger partial charge in [-0.1, -0.05) is 37.3 Å². The van der Waals surface area contributed by atoms with Crippen LogP contribution in [0.25, 0.3) is 0 Å². The summed E-state index contributed by atoms with van der Waals surface area (Å²) >= 11 is 0. The molecular weight excluding hydrogens is 324 g/mol. The molecule has 138 valence electrons. The number of amides is 2. The summed E-state index contributed by atoms with van der Waals surface area (Å²) in [4.78, 5) is 24.8. The Morgan fingerprint density at radius 1 is 1.04 bits per heavy atom. The van der Waals surface area contributed by atoms with E-state index in [9.17, 15) is 9.59 Å². The van der Waals surface area contributed by atoms with Crippen LogP contribution in [0.2, 0.25) is 0 Å². The van der Waals surface area contributed by atoms with Crippen LogP contribution in [0.3, 0.4) is 0 Å². The molecule has 2 aromatic rings. The lowest BCUT2D eigenvalue weighted by Crippen LogP contribution is -2.32. The molecule has 0 aliphatic rings. The van der Waals surface area contributed by atoms with Gasteiger partial charge in [0.25, 0.3) is 5.91 Å². The maximum Gasteiger partial charge on any atom is 0.253 e. The quantitative estimate of drug-likeness (QED) is 0.776. The van der Waals surface area contributed by atoms with Crippen molar-refractivity contribution in [1.29, 1.82) is 0 Å². The van der Waals surface area contributed by atoms with Gasteiger partial charge in [0.2, 0.25) is 5.91 Å². The molecule has 0 aromatic heterocycles. The fraction of sp³-hybridized carbons (Fsp3) is 0.364. The van der Waals surface area contributed by atoms with Crippen LogP contribution in [-0.2, 0) is 11.2 Å². The molecule has 2 N–H and O–H groups in total. The van der Waals surface area contributed by atoms with E-state index in [0.29, 0.717) is 24.1 Å². The van der Waals surface area contributed by atoms with Gasteiger partial charge in [0.05, 0.1) is 11.3 Å². The number of benzene rings is 2. The fourth-order valence-corrected chi connectivity index (χ4v) is 2.62. The summed E-state index contributed by atoms with van der Waals surface area (Å²) in [6, 6.07) is 13.5. The van der Waals surface area contributed by atoms with Crippen LogP contribution in [0.15, 0.2) is 42.5 Å². The molecule has 2 aromatic carbocycles. The number of nitrogens with one attached hydrogen (secondary N) is 2. The van der Waals surface area contributed by atoms with E-state index in [0.717, 1.165) is 12.0 Å². The Morgan fingerprint density at radius 2 is 1.77 bits per heavy atom. The molecule has 2 amide bonds. The van der Waals surface area contributed by atoms with Gasteiger partial charge in [-0.3, -0.25) is 9.59 Å². The van der Waals surface area contributed by atoms with E-state index in [1.54, 1.807) is 18.2 Å². The Morgan fingerprint density at radius 3 is 2.46 bits per heavy atom. The molecule has 0 saturated heterocycles. The lowest BCUT2D eigenvalue weighted by Gasteiger charge is -2.14. The Kier molecular flexibility index (Phi) is 6.96. The third-order valence-corrected chi connectivity index (χ3v) is 4.65. The number of carbonyl (C=O) groups is 2. The molecule has 0 spiro atoms. The first-order valence-electron chi connectivity index (χ1n) is 9.16. The van der Waals surface area contributed by atoms with Crippen LogP contribution in [-0.4, -0.2) is 17.9 Å². The van der Waals surface area contributed by atoms with E-state index >= 15 is 0 Å². The predicted octanol–water partition coefficient (Wildman–Crippen LogP) is 4.40. The zero-order chi connectivity index (χ0) is 19.1. The molecule has 0 aliphatic carbocycles.